The van der Waals surface area contributed by atoms with E-state index in [4.69, 9.17) is 5.73 Å². The van der Waals surface area contributed by atoms with E-state index >= 15 is 0 Å². The maximum absolute atomic E-state index is 5.94. The summed E-state index contributed by atoms with van der Waals surface area (Å²) in [5.41, 5.74) is 10.6. The van der Waals surface area contributed by atoms with Crippen molar-refractivity contribution in [3.05, 3.63) is 53.9 Å². The van der Waals surface area contributed by atoms with Gasteiger partial charge in [0.2, 0.25) is 0 Å². The fraction of sp³-hybridized carbons (Fsp3) is 0.312. The van der Waals surface area contributed by atoms with Gasteiger partial charge in [-0.1, -0.05) is 12.1 Å². The summed E-state index contributed by atoms with van der Waals surface area (Å²) in [5, 5.41) is 0. The Morgan fingerprint density at radius 2 is 2.21 bits per heavy atom. The second-order valence-electron chi connectivity index (χ2n) is 5.18. The summed E-state index contributed by atoms with van der Waals surface area (Å²) in [4.78, 5) is 6.71. The van der Waals surface area contributed by atoms with Crippen LogP contribution in [0.4, 0.5) is 11.4 Å². The summed E-state index contributed by atoms with van der Waals surface area (Å²) < 4.78 is 0. The third kappa shape index (κ3) is 2.28. The lowest BCUT2D eigenvalue weighted by Gasteiger charge is -2.28. The van der Waals surface area contributed by atoms with Crippen LogP contribution in [0.3, 0.4) is 0 Å². The van der Waals surface area contributed by atoms with Gasteiger partial charge in [0.05, 0.1) is 6.04 Å². The maximum Gasteiger partial charge on any atom is 0.0558 e. The van der Waals surface area contributed by atoms with Crippen molar-refractivity contribution in [2.24, 2.45) is 0 Å². The molecule has 98 valence electrons. The number of nitrogens with two attached hydrogens (primary N) is 1. The Balaban J connectivity index is 1.97. The molecule has 2 heterocycles. The van der Waals surface area contributed by atoms with E-state index in [0.29, 0.717) is 6.04 Å². The number of aromatic nitrogens is 1. The third-order valence-corrected chi connectivity index (χ3v) is 3.86. The number of nitrogens with zero attached hydrogens (tertiary/aromatic N) is 2. The lowest BCUT2D eigenvalue weighted by atomic mass is 10.1. The van der Waals surface area contributed by atoms with Crippen molar-refractivity contribution in [3.63, 3.8) is 0 Å². The predicted octanol–water partition coefficient (Wildman–Crippen LogP) is 3.31. The highest BCUT2D eigenvalue weighted by atomic mass is 15.2. The smallest absolute Gasteiger partial charge is 0.0558 e. The van der Waals surface area contributed by atoms with E-state index in [1.807, 2.05) is 24.5 Å². The van der Waals surface area contributed by atoms with Gasteiger partial charge in [0.15, 0.2) is 0 Å². The van der Waals surface area contributed by atoms with Crippen LogP contribution in [0.5, 0.6) is 0 Å². The Hall–Kier alpha value is -2.03. The van der Waals surface area contributed by atoms with Crippen molar-refractivity contribution >= 4 is 11.4 Å². The number of aryl methyl sites for hydroxylation is 1. The van der Waals surface area contributed by atoms with E-state index < -0.39 is 0 Å². The molecule has 1 unspecified atom stereocenters. The molecule has 3 rings (SSSR count). The van der Waals surface area contributed by atoms with E-state index in [0.717, 1.165) is 12.2 Å². The topological polar surface area (TPSA) is 42.1 Å². The second kappa shape index (κ2) is 4.92. The van der Waals surface area contributed by atoms with Crippen molar-refractivity contribution in [1.29, 1.82) is 0 Å². The SMILES string of the molecule is Cc1ccc(N)cc1N1CCCC1c1cccnc1. The molecule has 1 aromatic heterocycles. The molecule has 0 spiro atoms. The van der Waals surface area contributed by atoms with Gasteiger partial charge in [-0.15, -0.1) is 0 Å². The molecule has 3 heteroatoms. The summed E-state index contributed by atoms with van der Waals surface area (Å²) >= 11 is 0. The summed E-state index contributed by atoms with van der Waals surface area (Å²) in [7, 11) is 0. The van der Waals surface area contributed by atoms with Gasteiger partial charge >= 0.3 is 0 Å². The van der Waals surface area contributed by atoms with Crippen LogP contribution >= 0.6 is 0 Å². The Morgan fingerprint density at radius 3 is 3.00 bits per heavy atom. The molecule has 2 aromatic rings. The van der Waals surface area contributed by atoms with Crippen LogP contribution in [0.15, 0.2) is 42.7 Å². The minimum atomic E-state index is 0.425. The molecule has 0 radical (unpaired) electrons. The van der Waals surface area contributed by atoms with E-state index in [1.54, 1.807) is 0 Å². The summed E-state index contributed by atoms with van der Waals surface area (Å²) in [5.74, 6) is 0. The molecule has 0 bridgehead atoms. The average Bonchev–Trinajstić information content (AvgIpc) is 2.91. The Bertz CT molecular complexity index is 565. The van der Waals surface area contributed by atoms with Crippen LogP contribution < -0.4 is 10.6 Å². The Morgan fingerprint density at radius 1 is 1.32 bits per heavy atom. The number of hydrogen-bond acceptors (Lipinski definition) is 3. The van der Waals surface area contributed by atoms with Crippen LogP contribution in [-0.4, -0.2) is 11.5 Å². The van der Waals surface area contributed by atoms with Crippen molar-refractivity contribution in [2.45, 2.75) is 25.8 Å². The Kier molecular flexibility index (Phi) is 3.11. The molecule has 2 N–H and O–H groups in total. The van der Waals surface area contributed by atoms with Crippen LogP contribution in [0.25, 0.3) is 0 Å². The molecule has 1 fully saturated rings. The number of nitrogen functional groups attached to an aromatic ring is 1. The lowest BCUT2D eigenvalue weighted by Crippen LogP contribution is -2.23. The molecular formula is C16H19N3. The van der Waals surface area contributed by atoms with Gasteiger partial charge in [-0.25, -0.2) is 0 Å². The molecule has 1 aromatic carbocycles. The molecule has 3 nitrogen and oxygen atoms in total. The molecule has 0 amide bonds. The zero-order valence-corrected chi connectivity index (χ0v) is 11.2. The zero-order chi connectivity index (χ0) is 13.2. The number of pyridine rings is 1. The summed E-state index contributed by atoms with van der Waals surface area (Å²) in [6.07, 6.45) is 6.20. The first-order valence-electron chi connectivity index (χ1n) is 6.78. The van der Waals surface area contributed by atoms with Crippen molar-refractivity contribution < 1.29 is 0 Å². The molecule has 1 aliphatic heterocycles. The van der Waals surface area contributed by atoms with Gasteiger partial charge < -0.3 is 10.6 Å². The van der Waals surface area contributed by atoms with Gasteiger partial charge in [0.1, 0.15) is 0 Å². The molecule has 1 saturated heterocycles. The number of benzene rings is 1. The van der Waals surface area contributed by atoms with Crippen LogP contribution in [0.2, 0.25) is 0 Å². The second-order valence-corrected chi connectivity index (χ2v) is 5.18. The monoisotopic (exact) mass is 253 g/mol. The van der Waals surface area contributed by atoms with Crippen molar-refractivity contribution in [2.75, 3.05) is 17.2 Å². The number of hydrogen-bond donors (Lipinski definition) is 1. The average molecular weight is 253 g/mol. The highest BCUT2D eigenvalue weighted by Crippen LogP contribution is 2.37. The van der Waals surface area contributed by atoms with Crippen molar-refractivity contribution in [3.8, 4) is 0 Å². The predicted molar refractivity (Wildman–Crippen MR) is 79.1 cm³/mol. The third-order valence-electron chi connectivity index (χ3n) is 3.86. The maximum atomic E-state index is 5.94. The Labute approximate surface area is 114 Å². The van der Waals surface area contributed by atoms with Crippen LogP contribution in [0.1, 0.15) is 30.0 Å². The highest BCUT2D eigenvalue weighted by molar-refractivity contribution is 5.62. The van der Waals surface area contributed by atoms with E-state index in [2.05, 4.69) is 35.0 Å². The van der Waals surface area contributed by atoms with Crippen LogP contribution in [0, 0.1) is 6.92 Å². The largest absolute Gasteiger partial charge is 0.399 e. The normalized spacial score (nSPS) is 18.8. The molecule has 1 atom stereocenters. The first-order valence-corrected chi connectivity index (χ1v) is 6.78. The molecule has 0 saturated carbocycles. The van der Waals surface area contributed by atoms with Gasteiger partial charge in [0, 0.05) is 30.3 Å². The summed E-state index contributed by atoms with van der Waals surface area (Å²) in [6, 6.07) is 10.8. The van der Waals surface area contributed by atoms with E-state index in [1.165, 1.54) is 29.7 Å². The van der Waals surface area contributed by atoms with Crippen LogP contribution in [-0.2, 0) is 0 Å². The number of rotatable bonds is 2. The standard InChI is InChI=1S/C16H19N3/c1-12-6-7-14(17)10-16(12)19-9-3-5-15(19)13-4-2-8-18-11-13/h2,4,6-8,10-11,15H,3,5,9,17H2,1H3. The fourth-order valence-electron chi connectivity index (χ4n) is 2.91. The summed E-state index contributed by atoms with van der Waals surface area (Å²) in [6.45, 7) is 3.23. The lowest BCUT2D eigenvalue weighted by molar-refractivity contribution is 0.714. The van der Waals surface area contributed by atoms with Gasteiger partial charge in [-0.05, 0) is 49.1 Å². The van der Waals surface area contributed by atoms with E-state index in [-0.39, 0.29) is 0 Å². The molecule has 1 aliphatic rings. The van der Waals surface area contributed by atoms with E-state index in [9.17, 15) is 0 Å². The zero-order valence-electron chi connectivity index (χ0n) is 11.2. The fourth-order valence-corrected chi connectivity index (χ4v) is 2.91. The van der Waals surface area contributed by atoms with Gasteiger partial charge in [-0.2, -0.15) is 0 Å². The quantitative estimate of drug-likeness (QED) is 0.835. The highest BCUT2D eigenvalue weighted by Gasteiger charge is 2.27. The molecule has 0 aliphatic carbocycles. The minimum absolute atomic E-state index is 0.425. The van der Waals surface area contributed by atoms with Gasteiger partial charge in [0.25, 0.3) is 0 Å². The molecule has 19 heavy (non-hydrogen) atoms. The first kappa shape index (κ1) is 12.0. The van der Waals surface area contributed by atoms with Crippen molar-refractivity contribution in [1.82, 2.24) is 4.98 Å². The number of anilines is 2. The molecular weight excluding hydrogens is 234 g/mol. The first-order chi connectivity index (χ1) is 9.25. The minimum Gasteiger partial charge on any atom is -0.399 e. The van der Waals surface area contributed by atoms with Gasteiger partial charge in [-0.3, -0.25) is 4.98 Å².